The lowest BCUT2D eigenvalue weighted by Crippen LogP contribution is -2.35. The summed E-state index contributed by atoms with van der Waals surface area (Å²) in [6.07, 6.45) is 22.8. The van der Waals surface area contributed by atoms with Gasteiger partial charge in [-0.15, -0.1) is 4.39 Å². The molecule has 0 unspecified atom stereocenters. The third kappa shape index (κ3) is 8.55. The van der Waals surface area contributed by atoms with Crippen LogP contribution >= 0.6 is 21.8 Å². The summed E-state index contributed by atoms with van der Waals surface area (Å²) in [5, 5.41) is 0. The molecule has 0 aromatic rings. The first-order valence-corrected chi connectivity index (χ1v) is 13.5. The minimum Gasteiger partial charge on any atom is -0.252 e. The molecule has 0 aromatic carbocycles. The summed E-state index contributed by atoms with van der Waals surface area (Å²) >= 11 is 0. The molecule has 2 rings (SSSR count). The second-order valence-corrected chi connectivity index (χ2v) is 11.3. The fraction of sp³-hybridized carbons (Fsp3) is 0.955. The summed E-state index contributed by atoms with van der Waals surface area (Å²) in [6, 6.07) is 0. The lowest BCUT2D eigenvalue weighted by Gasteiger charge is -2.42. The van der Waals surface area contributed by atoms with Crippen molar-refractivity contribution in [1.29, 1.82) is 0 Å². The van der Waals surface area contributed by atoms with E-state index in [1.807, 2.05) is 10.8 Å². The average molecular weight is 418 g/mol. The Kier molecular flexibility index (Phi) is 11.6. The van der Waals surface area contributed by atoms with Crippen molar-refractivity contribution in [2.75, 3.05) is 7.05 Å². The van der Waals surface area contributed by atoms with Crippen LogP contribution in [0.1, 0.15) is 116 Å². The van der Waals surface area contributed by atoms with Crippen LogP contribution in [0, 0.1) is 5.92 Å². The van der Waals surface area contributed by atoms with Crippen molar-refractivity contribution in [3.63, 3.8) is 0 Å². The average Bonchev–Trinajstić information content (AvgIpc) is 2.68. The zero-order chi connectivity index (χ0) is 19.4. The number of hydrogen-bond donors (Lipinski definition) is 0. The fourth-order valence-corrected chi connectivity index (χ4v) is 7.92. The molecule has 2 aliphatic carbocycles. The molecule has 0 radical (unpaired) electrons. The Labute approximate surface area is 174 Å². The van der Waals surface area contributed by atoms with Gasteiger partial charge in [-0.1, -0.05) is 101 Å². The van der Waals surface area contributed by atoms with Crippen molar-refractivity contribution in [1.82, 2.24) is 4.31 Å². The van der Waals surface area contributed by atoms with Crippen LogP contribution in [0.25, 0.3) is 0 Å². The molecule has 0 heterocycles. The van der Waals surface area contributed by atoms with Crippen LogP contribution < -0.4 is 0 Å². The molecule has 5 heteroatoms. The number of carbonyl (C=O) groups excluding carboxylic acids is 1. The first kappa shape index (κ1) is 23.4. The molecule has 0 atom stereocenters. The van der Waals surface area contributed by atoms with E-state index < -0.39 is 6.16 Å². The zero-order valence-corrected chi connectivity index (χ0v) is 19.0. The van der Waals surface area contributed by atoms with E-state index in [2.05, 4.69) is 0 Å². The maximum atomic E-state index is 13.2. The van der Waals surface area contributed by atoms with Gasteiger partial charge in [0.1, 0.15) is 0 Å². The highest BCUT2D eigenvalue weighted by Crippen LogP contribution is 2.52. The van der Waals surface area contributed by atoms with Crippen LogP contribution in [0.3, 0.4) is 0 Å². The Bertz CT molecular complexity index is 401. The molecule has 1 amide bonds. The summed E-state index contributed by atoms with van der Waals surface area (Å²) in [5.41, 5.74) is 0. The summed E-state index contributed by atoms with van der Waals surface area (Å²) in [7, 11) is 4.77. The number of amides is 1. The van der Waals surface area contributed by atoms with Gasteiger partial charge in [-0.2, -0.15) is 0 Å². The molecule has 2 fully saturated rings. The highest BCUT2D eigenvalue weighted by Gasteiger charge is 2.39. The number of halogens is 1. The zero-order valence-electron chi connectivity index (χ0n) is 17.4. The van der Waals surface area contributed by atoms with E-state index in [0.29, 0.717) is 0 Å². The minimum absolute atomic E-state index is 0.213. The predicted molar refractivity (Wildman–Crippen MR) is 119 cm³/mol. The van der Waals surface area contributed by atoms with Gasteiger partial charge in [0.15, 0.2) is 0 Å². The SMILES string of the molecule is CN(SSC1(C2CCCCCCCCC2)CCCCCCCCC1)C(=O)F. The summed E-state index contributed by atoms with van der Waals surface area (Å²) in [5.74, 6) is 0.718. The third-order valence-corrected chi connectivity index (χ3v) is 10.0. The van der Waals surface area contributed by atoms with Crippen LogP contribution in [-0.2, 0) is 0 Å². The van der Waals surface area contributed by atoms with Gasteiger partial charge in [-0.05, 0) is 31.6 Å². The van der Waals surface area contributed by atoms with Crippen LogP contribution in [0.15, 0.2) is 0 Å². The summed E-state index contributed by atoms with van der Waals surface area (Å²) < 4.78 is 14.5. The smallest absolute Gasteiger partial charge is 0.252 e. The highest BCUT2D eigenvalue weighted by molar-refractivity contribution is 8.76. The Hall–Kier alpha value is 0.1000. The quantitative estimate of drug-likeness (QED) is 0.197. The molecule has 0 aromatic heterocycles. The molecule has 158 valence electrons. The summed E-state index contributed by atoms with van der Waals surface area (Å²) in [6.45, 7) is 0. The molecule has 2 aliphatic rings. The van der Waals surface area contributed by atoms with Gasteiger partial charge in [0, 0.05) is 22.8 Å². The maximum absolute atomic E-state index is 13.2. The Morgan fingerprint density at radius 1 is 0.778 bits per heavy atom. The molecule has 0 N–H and O–H groups in total. The number of hydrogen-bond acceptors (Lipinski definition) is 3. The van der Waals surface area contributed by atoms with Crippen LogP contribution in [-0.4, -0.2) is 22.3 Å². The van der Waals surface area contributed by atoms with Gasteiger partial charge in [-0.25, -0.2) is 4.79 Å². The van der Waals surface area contributed by atoms with Gasteiger partial charge in [0.05, 0.1) is 0 Å². The van der Waals surface area contributed by atoms with E-state index in [1.165, 1.54) is 131 Å². The van der Waals surface area contributed by atoms with Crippen molar-refractivity contribution < 1.29 is 9.18 Å². The van der Waals surface area contributed by atoms with E-state index in [-0.39, 0.29) is 4.75 Å². The second kappa shape index (κ2) is 13.3. The van der Waals surface area contributed by atoms with Crippen molar-refractivity contribution in [2.45, 2.75) is 120 Å². The second-order valence-electron chi connectivity index (χ2n) is 8.70. The lowest BCUT2D eigenvalue weighted by molar-refractivity contribution is 0.210. The van der Waals surface area contributed by atoms with E-state index >= 15 is 0 Å². The Balaban J connectivity index is 2.13. The van der Waals surface area contributed by atoms with Gasteiger partial charge >= 0.3 is 6.16 Å². The monoisotopic (exact) mass is 417 g/mol. The predicted octanol–water partition coefficient (Wildman–Crippen LogP) is 8.71. The topological polar surface area (TPSA) is 20.3 Å². The van der Waals surface area contributed by atoms with Crippen LogP contribution in [0.2, 0.25) is 0 Å². The highest BCUT2D eigenvalue weighted by atomic mass is 33.1. The molecular weight excluding hydrogens is 377 g/mol. The molecule has 2 saturated carbocycles. The van der Waals surface area contributed by atoms with Gasteiger partial charge in [0.2, 0.25) is 0 Å². The number of rotatable bonds is 4. The van der Waals surface area contributed by atoms with Crippen molar-refractivity contribution in [2.24, 2.45) is 5.92 Å². The molecule has 0 saturated heterocycles. The molecule has 27 heavy (non-hydrogen) atoms. The minimum atomic E-state index is -1.33. The van der Waals surface area contributed by atoms with E-state index in [1.54, 1.807) is 7.05 Å². The standard InChI is InChI=1S/C22H40FNOS2/c1-24(21(23)25)27-26-22(18-14-10-6-3-7-11-15-19-22)20-16-12-8-4-2-5-9-13-17-20/h20H,2-19H2,1H3. The van der Waals surface area contributed by atoms with Crippen molar-refractivity contribution >= 4 is 27.9 Å². The lowest BCUT2D eigenvalue weighted by atomic mass is 9.76. The van der Waals surface area contributed by atoms with Gasteiger partial charge in [-0.3, -0.25) is 4.31 Å². The number of carbonyl (C=O) groups is 1. The normalized spacial score (nSPS) is 24.1. The first-order chi connectivity index (χ1) is 13.1. The molecule has 0 spiro atoms. The number of nitrogens with zero attached hydrogens (tertiary/aromatic N) is 1. The third-order valence-electron chi connectivity index (χ3n) is 6.61. The van der Waals surface area contributed by atoms with Crippen molar-refractivity contribution in [3.8, 4) is 0 Å². The van der Waals surface area contributed by atoms with Crippen LogP contribution in [0.4, 0.5) is 9.18 Å². The maximum Gasteiger partial charge on any atom is 0.410 e. The summed E-state index contributed by atoms with van der Waals surface area (Å²) in [4.78, 5) is 11.1. The Morgan fingerprint density at radius 3 is 1.63 bits per heavy atom. The Morgan fingerprint density at radius 2 is 1.19 bits per heavy atom. The van der Waals surface area contributed by atoms with E-state index in [9.17, 15) is 9.18 Å². The molecule has 2 nitrogen and oxygen atoms in total. The first-order valence-electron chi connectivity index (χ1n) is 11.4. The molecule has 0 bridgehead atoms. The van der Waals surface area contributed by atoms with Gasteiger partial charge in [0.25, 0.3) is 0 Å². The molecule has 0 aliphatic heterocycles. The van der Waals surface area contributed by atoms with E-state index in [4.69, 9.17) is 0 Å². The van der Waals surface area contributed by atoms with Gasteiger partial charge < -0.3 is 0 Å². The van der Waals surface area contributed by atoms with E-state index in [0.717, 1.165) is 5.92 Å². The van der Waals surface area contributed by atoms with Crippen molar-refractivity contribution in [3.05, 3.63) is 0 Å². The van der Waals surface area contributed by atoms with Crippen LogP contribution in [0.5, 0.6) is 0 Å². The fourth-order valence-electron chi connectivity index (χ4n) is 4.91. The largest absolute Gasteiger partial charge is 0.410 e. The molecular formula is C22H40FNOS2.